The van der Waals surface area contributed by atoms with Gasteiger partial charge in [-0.25, -0.2) is 14.6 Å². The number of benzene rings is 1. The minimum Gasteiger partial charge on any atom is -0.405 e. The van der Waals surface area contributed by atoms with Gasteiger partial charge in [0.15, 0.2) is 5.82 Å². The molecule has 2 aromatic heterocycles. The molecule has 0 unspecified atom stereocenters. The second kappa shape index (κ2) is 8.80. The number of aryl methyl sites for hydroxylation is 2. The van der Waals surface area contributed by atoms with E-state index in [2.05, 4.69) is 30.4 Å². The van der Waals surface area contributed by atoms with E-state index in [-0.39, 0.29) is 12.1 Å². The van der Waals surface area contributed by atoms with E-state index in [9.17, 15) is 18.0 Å². The average Bonchev–Trinajstić information content (AvgIpc) is 3.02. The van der Waals surface area contributed by atoms with Gasteiger partial charge in [-0.05, 0) is 32.0 Å². The zero-order valence-corrected chi connectivity index (χ0v) is 16.2. The highest BCUT2D eigenvalue weighted by Crippen LogP contribution is 2.26. The summed E-state index contributed by atoms with van der Waals surface area (Å²) in [6.07, 6.45) is -3.49. The van der Waals surface area contributed by atoms with Gasteiger partial charge in [-0.15, -0.1) is 13.2 Å². The van der Waals surface area contributed by atoms with Gasteiger partial charge in [0.05, 0.1) is 11.3 Å². The Morgan fingerprint density at radius 2 is 1.90 bits per heavy atom. The van der Waals surface area contributed by atoms with Crippen molar-refractivity contribution in [2.24, 2.45) is 0 Å². The van der Waals surface area contributed by atoms with Crippen LogP contribution in [0.5, 0.6) is 5.75 Å². The van der Waals surface area contributed by atoms with Crippen LogP contribution in [0.3, 0.4) is 0 Å². The standard InChI is InChI=1S/C19H19F3N6O2/c1-12-9-13(2)28(27-12)17-10-16(25-11-26-17)23-7-8-24-18(29)14-5-3-4-6-15(14)30-19(20,21)22/h3-6,9-11H,7-8H2,1-2H3,(H,24,29)(H,23,25,26). The van der Waals surface area contributed by atoms with Crippen LogP contribution >= 0.6 is 0 Å². The summed E-state index contributed by atoms with van der Waals surface area (Å²) in [6, 6.07) is 8.78. The molecule has 0 fully saturated rings. The molecule has 0 aliphatic heterocycles. The molecule has 1 aromatic carbocycles. The molecule has 0 saturated heterocycles. The summed E-state index contributed by atoms with van der Waals surface area (Å²) in [5.74, 6) is -0.133. The molecule has 0 aliphatic rings. The topological polar surface area (TPSA) is 94.0 Å². The second-order valence-electron chi connectivity index (χ2n) is 6.33. The Kier molecular flexibility index (Phi) is 6.19. The third-order valence-electron chi connectivity index (χ3n) is 3.95. The number of nitrogens with zero attached hydrogens (tertiary/aromatic N) is 4. The SMILES string of the molecule is Cc1cc(C)n(-c2cc(NCCNC(=O)c3ccccc3OC(F)(F)F)ncn2)n1. The van der Waals surface area contributed by atoms with Crippen molar-refractivity contribution >= 4 is 11.7 Å². The third kappa shape index (κ3) is 5.46. The van der Waals surface area contributed by atoms with Gasteiger partial charge in [0.1, 0.15) is 17.9 Å². The molecule has 3 aromatic rings. The van der Waals surface area contributed by atoms with Crippen LogP contribution < -0.4 is 15.4 Å². The van der Waals surface area contributed by atoms with E-state index in [4.69, 9.17) is 0 Å². The van der Waals surface area contributed by atoms with Crippen molar-refractivity contribution in [2.45, 2.75) is 20.2 Å². The van der Waals surface area contributed by atoms with E-state index >= 15 is 0 Å². The molecule has 2 N–H and O–H groups in total. The molecule has 0 bridgehead atoms. The average molecular weight is 420 g/mol. The first kappa shape index (κ1) is 21.1. The molecular weight excluding hydrogens is 401 g/mol. The number of nitrogens with one attached hydrogen (secondary N) is 2. The van der Waals surface area contributed by atoms with E-state index in [1.165, 1.54) is 24.5 Å². The number of rotatable bonds is 7. The molecule has 0 atom stereocenters. The summed E-state index contributed by atoms with van der Waals surface area (Å²) in [6.45, 7) is 4.23. The summed E-state index contributed by atoms with van der Waals surface area (Å²) in [4.78, 5) is 20.5. The highest BCUT2D eigenvalue weighted by molar-refractivity contribution is 5.96. The lowest BCUT2D eigenvalue weighted by atomic mass is 10.2. The lowest BCUT2D eigenvalue weighted by Crippen LogP contribution is -2.30. The number of carbonyl (C=O) groups is 1. The van der Waals surface area contributed by atoms with Gasteiger partial charge in [-0.2, -0.15) is 5.10 Å². The first-order valence-corrected chi connectivity index (χ1v) is 8.95. The van der Waals surface area contributed by atoms with Crippen molar-refractivity contribution in [1.29, 1.82) is 0 Å². The van der Waals surface area contributed by atoms with Crippen LogP contribution in [0, 0.1) is 13.8 Å². The minimum atomic E-state index is -4.88. The number of ether oxygens (including phenoxy) is 1. The number of amides is 1. The van der Waals surface area contributed by atoms with Crippen LogP contribution in [0.2, 0.25) is 0 Å². The monoisotopic (exact) mass is 420 g/mol. The molecule has 0 saturated carbocycles. The molecule has 3 rings (SSSR count). The van der Waals surface area contributed by atoms with Gasteiger partial charge in [-0.3, -0.25) is 4.79 Å². The van der Waals surface area contributed by atoms with Gasteiger partial charge >= 0.3 is 6.36 Å². The quantitative estimate of drug-likeness (QED) is 0.571. The Balaban J connectivity index is 1.56. The Labute approximate surface area is 170 Å². The maximum absolute atomic E-state index is 12.5. The molecule has 1 amide bonds. The number of carbonyl (C=O) groups excluding carboxylic acids is 1. The number of hydrogen-bond acceptors (Lipinski definition) is 6. The molecule has 0 spiro atoms. The van der Waals surface area contributed by atoms with Crippen LogP contribution in [0.1, 0.15) is 21.7 Å². The highest BCUT2D eigenvalue weighted by Gasteiger charge is 2.32. The van der Waals surface area contributed by atoms with Crippen molar-refractivity contribution < 1.29 is 22.7 Å². The van der Waals surface area contributed by atoms with E-state index in [1.54, 1.807) is 10.7 Å². The van der Waals surface area contributed by atoms with Crippen LogP contribution in [-0.4, -0.2) is 45.1 Å². The molecule has 158 valence electrons. The molecule has 2 heterocycles. The summed E-state index contributed by atoms with van der Waals surface area (Å²) >= 11 is 0. The molecule has 0 radical (unpaired) electrons. The Morgan fingerprint density at radius 3 is 2.60 bits per heavy atom. The molecule has 30 heavy (non-hydrogen) atoms. The van der Waals surface area contributed by atoms with Gasteiger partial charge in [0.2, 0.25) is 0 Å². The van der Waals surface area contributed by atoms with Crippen molar-refractivity contribution in [1.82, 2.24) is 25.1 Å². The largest absolute Gasteiger partial charge is 0.573 e. The predicted molar refractivity (Wildman–Crippen MR) is 103 cm³/mol. The fraction of sp³-hybridized carbons (Fsp3) is 0.263. The van der Waals surface area contributed by atoms with Crippen molar-refractivity contribution in [2.75, 3.05) is 18.4 Å². The van der Waals surface area contributed by atoms with E-state index in [0.29, 0.717) is 18.2 Å². The second-order valence-corrected chi connectivity index (χ2v) is 6.33. The summed E-state index contributed by atoms with van der Waals surface area (Å²) in [7, 11) is 0. The smallest absolute Gasteiger partial charge is 0.405 e. The van der Waals surface area contributed by atoms with E-state index in [0.717, 1.165) is 17.5 Å². The Bertz CT molecular complexity index is 1040. The third-order valence-corrected chi connectivity index (χ3v) is 3.95. The summed E-state index contributed by atoms with van der Waals surface area (Å²) in [5, 5.41) is 9.92. The first-order valence-electron chi connectivity index (χ1n) is 8.95. The van der Waals surface area contributed by atoms with Crippen molar-refractivity contribution in [3.63, 3.8) is 0 Å². The maximum atomic E-state index is 12.5. The highest BCUT2D eigenvalue weighted by atomic mass is 19.4. The fourth-order valence-electron chi connectivity index (χ4n) is 2.75. The van der Waals surface area contributed by atoms with Gasteiger partial charge < -0.3 is 15.4 Å². The normalized spacial score (nSPS) is 11.2. The number of halogens is 3. The minimum absolute atomic E-state index is 0.151. The molecular formula is C19H19F3N6O2. The zero-order valence-electron chi connectivity index (χ0n) is 16.2. The Hall–Kier alpha value is -3.63. The number of anilines is 1. The molecule has 0 aliphatic carbocycles. The van der Waals surface area contributed by atoms with Crippen LogP contribution in [0.15, 0.2) is 42.7 Å². The zero-order chi connectivity index (χ0) is 21.7. The summed E-state index contributed by atoms with van der Waals surface area (Å²) < 4.78 is 43.0. The van der Waals surface area contributed by atoms with Crippen LogP contribution in [-0.2, 0) is 0 Å². The van der Waals surface area contributed by atoms with E-state index in [1.807, 2.05) is 19.9 Å². The van der Waals surface area contributed by atoms with Gasteiger partial charge in [-0.1, -0.05) is 12.1 Å². The lowest BCUT2D eigenvalue weighted by Gasteiger charge is -2.13. The fourth-order valence-corrected chi connectivity index (χ4v) is 2.75. The number of alkyl halides is 3. The number of aromatic nitrogens is 4. The van der Waals surface area contributed by atoms with Gasteiger partial charge in [0.25, 0.3) is 5.91 Å². The lowest BCUT2D eigenvalue weighted by molar-refractivity contribution is -0.274. The summed E-state index contributed by atoms with van der Waals surface area (Å²) in [5.41, 5.74) is 1.57. The van der Waals surface area contributed by atoms with Crippen molar-refractivity contribution in [3.05, 3.63) is 59.7 Å². The van der Waals surface area contributed by atoms with Gasteiger partial charge in [0, 0.05) is 24.8 Å². The number of hydrogen-bond donors (Lipinski definition) is 2. The van der Waals surface area contributed by atoms with Crippen LogP contribution in [0.25, 0.3) is 5.82 Å². The molecule has 11 heteroatoms. The molecule has 8 nitrogen and oxygen atoms in total. The maximum Gasteiger partial charge on any atom is 0.573 e. The van der Waals surface area contributed by atoms with Crippen molar-refractivity contribution in [3.8, 4) is 11.6 Å². The van der Waals surface area contributed by atoms with E-state index < -0.39 is 18.0 Å². The van der Waals surface area contributed by atoms with Crippen LogP contribution in [0.4, 0.5) is 19.0 Å². The predicted octanol–water partition coefficient (Wildman–Crippen LogP) is 3.02. The number of para-hydroxylation sites is 1. The first-order chi connectivity index (χ1) is 14.2. The Morgan fingerprint density at radius 1 is 1.13 bits per heavy atom.